The van der Waals surface area contributed by atoms with E-state index in [1.807, 2.05) is 6.08 Å². The Balaban J connectivity index is 2.13. The number of allylic oxidation sites excluding steroid dienone is 7. The molecule has 7 atom stereocenters. The highest BCUT2D eigenvalue weighted by atomic mass is 16.7. The van der Waals surface area contributed by atoms with Gasteiger partial charge in [0.2, 0.25) is 5.91 Å². The summed E-state index contributed by atoms with van der Waals surface area (Å²) < 4.78 is 11.3. The Kier molecular flexibility index (Phi) is 58.3. The van der Waals surface area contributed by atoms with Crippen molar-refractivity contribution in [1.29, 1.82) is 0 Å². The molecule has 1 fully saturated rings. The Hall–Kier alpha value is -1.85. The highest BCUT2D eigenvalue weighted by Crippen LogP contribution is 2.23. The minimum absolute atomic E-state index is 0.180. The number of rotatable bonds is 62. The fourth-order valence-corrected chi connectivity index (χ4v) is 11.3. The van der Waals surface area contributed by atoms with Crippen LogP contribution < -0.4 is 5.32 Å². The smallest absolute Gasteiger partial charge is 0.220 e. The molecule has 476 valence electrons. The van der Waals surface area contributed by atoms with Gasteiger partial charge in [0.25, 0.3) is 0 Å². The van der Waals surface area contributed by atoms with Crippen molar-refractivity contribution in [3.05, 3.63) is 48.6 Å². The van der Waals surface area contributed by atoms with Gasteiger partial charge < -0.3 is 40.3 Å². The number of carbonyl (C=O) groups excluding carboxylic acids is 1. The molecule has 1 heterocycles. The minimum Gasteiger partial charge on any atom is -0.394 e. The van der Waals surface area contributed by atoms with E-state index >= 15 is 0 Å². The summed E-state index contributed by atoms with van der Waals surface area (Å²) in [6.45, 7) is 3.80. The van der Waals surface area contributed by atoms with Crippen LogP contribution in [0, 0.1) is 0 Å². The van der Waals surface area contributed by atoms with Crippen molar-refractivity contribution in [3.63, 3.8) is 0 Å². The number of carbonyl (C=O) groups is 1. The Morgan fingerprint density at radius 1 is 0.420 bits per heavy atom. The average molecular weight is 1140 g/mol. The number of amides is 1. The van der Waals surface area contributed by atoms with Crippen LogP contribution in [0.1, 0.15) is 348 Å². The molecule has 1 saturated heterocycles. The van der Waals surface area contributed by atoms with Gasteiger partial charge in [-0.1, -0.05) is 326 Å². The molecule has 1 amide bonds. The van der Waals surface area contributed by atoms with Gasteiger partial charge >= 0.3 is 0 Å². The lowest BCUT2D eigenvalue weighted by molar-refractivity contribution is -0.302. The summed E-state index contributed by atoms with van der Waals surface area (Å²) >= 11 is 0. The first kappa shape index (κ1) is 77.2. The van der Waals surface area contributed by atoms with Crippen LogP contribution in [0.5, 0.6) is 0 Å². The first-order chi connectivity index (χ1) is 39.8. The summed E-state index contributed by atoms with van der Waals surface area (Å²) in [5, 5.41) is 54.7. The zero-order valence-corrected chi connectivity index (χ0v) is 53.3. The van der Waals surface area contributed by atoms with Gasteiger partial charge in [0.15, 0.2) is 6.29 Å². The van der Waals surface area contributed by atoms with Gasteiger partial charge in [-0.25, -0.2) is 0 Å². The zero-order chi connectivity index (χ0) is 58.6. The van der Waals surface area contributed by atoms with Crippen molar-refractivity contribution in [1.82, 2.24) is 5.32 Å². The molecule has 7 unspecified atom stereocenters. The summed E-state index contributed by atoms with van der Waals surface area (Å²) in [5.74, 6) is -0.180. The molecular formula is C72H135NO8. The van der Waals surface area contributed by atoms with Crippen molar-refractivity contribution in [3.8, 4) is 0 Å². The number of hydrogen-bond donors (Lipinski definition) is 6. The van der Waals surface area contributed by atoms with E-state index in [-0.39, 0.29) is 12.5 Å². The molecule has 6 N–H and O–H groups in total. The van der Waals surface area contributed by atoms with Gasteiger partial charge in [-0.2, -0.15) is 0 Å². The molecule has 0 radical (unpaired) electrons. The molecule has 1 rings (SSSR count). The fourth-order valence-electron chi connectivity index (χ4n) is 11.3. The molecule has 1 aliphatic rings. The lowest BCUT2D eigenvalue weighted by Gasteiger charge is -2.40. The first-order valence-corrected chi connectivity index (χ1v) is 35.4. The van der Waals surface area contributed by atoms with Gasteiger partial charge in [0.1, 0.15) is 24.4 Å². The monoisotopic (exact) mass is 1140 g/mol. The number of hydrogen-bond acceptors (Lipinski definition) is 8. The zero-order valence-electron chi connectivity index (χ0n) is 53.3. The molecule has 0 aliphatic carbocycles. The quantitative estimate of drug-likeness (QED) is 0.0261. The molecule has 0 bridgehead atoms. The molecule has 0 aromatic heterocycles. The van der Waals surface area contributed by atoms with Crippen LogP contribution in [-0.2, 0) is 14.3 Å². The third-order valence-electron chi connectivity index (χ3n) is 16.9. The maximum atomic E-state index is 13.1. The van der Waals surface area contributed by atoms with Gasteiger partial charge in [0.05, 0.1) is 25.4 Å². The normalized spacial score (nSPS) is 18.6. The first-order valence-electron chi connectivity index (χ1n) is 35.4. The Morgan fingerprint density at radius 2 is 0.741 bits per heavy atom. The summed E-state index contributed by atoms with van der Waals surface area (Å²) in [5.41, 5.74) is 0. The van der Waals surface area contributed by atoms with Crippen LogP contribution >= 0.6 is 0 Å². The molecule has 0 aromatic rings. The van der Waals surface area contributed by atoms with Crippen LogP contribution in [0.25, 0.3) is 0 Å². The Morgan fingerprint density at radius 3 is 1.11 bits per heavy atom. The van der Waals surface area contributed by atoms with Crippen molar-refractivity contribution in [2.45, 2.75) is 391 Å². The van der Waals surface area contributed by atoms with Crippen molar-refractivity contribution < 1.29 is 39.8 Å². The van der Waals surface area contributed by atoms with Crippen LogP contribution in [0.3, 0.4) is 0 Å². The molecular weight excluding hydrogens is 1010 g/mol. The molecule has 1 aliphatic heterocycles. The molecule has 9 nitrogen and oxygen atoms in total. The van der Waals surface area contributed by atoms with Gasteiger partial charge in [-0.05, 0) is 64.2 Å². The summed E-state index contributed by atoms with van der Waals surface area (Å²) in [4.78, 5) is 13.1. The molecule has 0 aromatic carbocycles. The second-order valence-corrected chi connectivity index (χ2v) is 24.7. The Bertz CT molecular complexity index is 1420. The maximum Gasteiger partial charge on any atom is 0.220 e. The summed E-state index contributed by atoms with van der Waals surface area (Å²) in [7, 11) is 0. The average Bonchev–Trinajstić information content (AvgIpc) is 3.50. The van der Waals surface area contributed by atoms with Gasteiger partial charge in [0, 0.05) is 6.42 Å². The number of ether oxygens (including phenoxy) is 2. The number of aliphatic hydroxyl groups is 5. The standard InChI is InChI=1S/C72H135NO8/c1-3-5-7-9-11-13-15-17-19-21-23-25-27-29-30-31-32-33-34-35-36-38-40-42-44-46-48-50-52-54-56-58-60-62-68(76)73-65(64-80-72-71(79)70(78)69(77)67(63-74)81-72)66(75)61-59-57-55-53-51-49-47-45-43-41-39-37-28-26-24-22-20-18-16-14-12-10-8-6-4-2/h15,17,21,23,51,53,59,61,65-67,69-72,74-75,77-79H,3-14,16,18-20,22,24-50,52,54-58,60,62-64H2,1-2H3,(H,73,76)/b17-15-,23-21-,53-51+,61-59+. The van der Waals surface area contributed by atoms with E-state index < -0.39 is 49.5 Å². The van der Waals surface area contributed by atoms with Crippen LogP contribution in [0.2, 0.25) is 0 Å². The van der Waals surface area contributed by atoms with E-state index in [1.165, 1.54) is 283 Å². The second kappa shape index (κ2) is 61.2. The van der Waals surface area contributed by atoms with Crippen LogP contribution in [-0.4, -0.2) is 87.5 Å². The maximum absolute atomic E-state index is 13.1. The topological polar surface area (TPSA) is 149 Å². The van der Waals surface area contributed by atoms with Crippen molar-refractivity contribution in [2.75, 3.05) is 13.2 Å². The lowest BCUT2D eigenvalue weighted by atomic mass is 9.99. The van der Waals surface area contributed by atoms with E-state index in [0.29, 0.717) is 6.42 Å². The van der Waals surface area contributed by atoms with Gasteiger partial charge in [-0.15, -0.1) is 0 Å². The molecule has 81 heavy (non-hydrogen) atoms. The Labute approximate surface area is 501 Å². The highest BCUT2D eigenvalue weighted by Gasteiger charge is 2.44. The number of aliphatic hydroxyl groups excluding tert-OH is 5. The SMILES string of the molecule is CCCCCCC/C=C\C/C=C\CCCCCCCCCCCCCCCCCCCCCCCC(=O)NC(COC1OC(CO)C(O)C(O)C1O)C(O)/C=C/CC/C=C/CCCCCCCCCCCCCCCCCCCCC. The van der Waals surface area contributed by atoms with Crippen molar-refractivity contribution >= 4 is 5.91 Å². The van der Waals surface area contributed by atoms with Crippen molar-refractivity contribution in [2.24, 2.45) is 0 Å². The van der Waals surface area contributed by atoms with Crippen LogP contribution in [0.15, 0.2) is 48.6 Å². The molecule has 0 spiro atoms. The molecule has 0 saturated carbocycles. The van der Waals surface area contributed by atoms with E-state index in [4.69, 9.17) is 9.47 Å². The fraction of sp³-hybridized carbons (Fsp3) is 0.875. The minimum atomic E-state index is -1.57. The largest absolute Gasteiger partial charge is 0.394 e. The lowest BCUT2D eigenvalue weighted by Crippen LogP contribution is -2.60. The second-order valence-electron chi connectivity index (χ2n) is 24.7. The van der Waals surface area contributed by atoms with E-state index in [1.54, 1.807) is 6.08 Å². The predicted molar refractivity (Wildman–Crippen MR) is 346 cm³/mol. The molecule has 9 heteroatoms. The van der Waals surface area contributed by atoms with Gasteiger partial charge in [-0.3, -0.25) is 4.79 Å². The van der Waals surface area contributed by atoms with E-state index in [2.05, 4.69) is 55.6 Å². The number of unbranched alkanes of at least 4 members (excludes halogenated alkanes) is 46. The summed E-state index contributed by atoms with van der Waals surface area (Å²) in [6, 6.07) is -0.823. The third-order valence-corrected chi connectivity index (χ3v) is 16.9. The highest BCUT2D eigenvalue weighted by molar-refractivity contribution is 5.76. The third kappa shape index (κ3) is 50.1. The van der Waals surface area contributed by atoms with E-state index in [9.17, 15) is 30.3 Å². The predicted octanol–water partition coefficient (Wildman–Crippen LogP) is 19.2. The van der Waals surface area contributed by atoms with E-state index in [0.717, 1.165) is 44.9 Å². The number of nitrogens with one attached hydrogen (secondary N) is 1. The summed E-state index contributed by atoms with van der Waals surface area (Å²) in [6.07, 6.45) is 76.5. The van der Waals surface area contributed by atoms with Crippen LogP contribution in [0.4, 0.5) is 0 Å².